The molecule has 8 heteroatoms. The van der Waals surface area contributed by atoms with Crippen molar-refractivity contribution >= 4 is 17.7 Å². The number of benzene rings is 1. The number of imidazole rings is 1. The quantitative estimate of drug-likeness (QED) is 0.395. The van der Waals surface area contributed by atoms with Crippen LogP contribution in [0.4, 0.5) is 0 Å². The summed E-state index contributed by atoms with van der Waals surface area (Å²) in [6.07, 6.45) is 3.84. The van der Waals surface area contributed by atoms with Crippen molar-refractivity contribution in [1.82, 2.24) is 24.6 Å². The van der Waals surface area contributed by atoms with Crippen molar-refractivity contribution in [2.45, 2.75) is 45.9 Å². The van der Waals surface area contributed by atoms with E-state index in [0.717, 1.165) is 34.5 Å². The lowest BCUT2D eigenvalue weighted by Gasteiger charge is -2.14. The second-order valence-electron chi connectivity index (χ2n) is 6.90. The number of carbonyl (C=O) groups excluding carboxylic acids is 1. The molecule has 30 heavy (non-hydrogen) atoms. The van der Waals surface area contributed by atoms with E-state index in [1.54, 1.807) is 22.5 Å². The number of carbonyl (C=O) groups is 1. The van der Waals surface area contributed by atoms with Crippen molar-refractivity contribution in [3.63, 3.8) is 0 Å². The zero-order valence-electron chi connectivity index (χ0n) is 18.0. The van der Waals surface area contributed by atoms with Gasteiger partial charge in [0.05, 0.1) is 12.2 Å². The molecule has 1 N–H and O–H groups in total. The average Bonchev–Trinajstić information content (AvgIpc) is 3.34. The molecule has 0 unspecified atom stereocenters. The lowest BCUT2D eigenvalue weighted by molar-refractivity contribution is 0.0936. The van der Waals surface area contributed by atoms with Crippen molar-refractivity contribution in [1.29, 1.82) is 0 Å². The molecule has 160 valence electrons. The maximum absolute atomic E-state index is 12.4. The number of aromatic nitrogens is 4. The fourth-order valence-corrected chi connectivity index (χ4v) is 3.93. The summed E-state index contributed by atoms with van der Waals surface area (Å²) in [5.41, 5.74) is 3.71. The van der Waals surface area contributed by atoms with Crippen LogP contribution in [0.2, 0.25) is 0 Å². The highest BCUT2D eigenvalue weighted by atomic mass is 32.2. The largest absolute Gasteiger partial charge is 0.491 e. The van der Waals surface area contributed by atoms with E-state index in [-0.39, 0.29) is 5.91 Å². The predicted octanol–water partition coefficient (Wildman–Crippen LogP) is 3.69. The van der Waals surface area contributed by atoms with Crippen molar-refractivity contribution < 1.29 is 9.53 Å². The maximum atomic E-state index is 12.4. The second kappa shape index (κ2) is 10.3. The Morgan fingerprint density at radius 2 is 2.10 bits per heavy atom. The van der Waals surface area contributed by atoms with Gasteiger partial charge in [0.1, 0.15) is 18.1 Å². The molecule has 2 aromatic heterocycles. The zero-order valence-corrected chi connectivity index (χ0v) is 18.8. The molecule has 3 rings (SSSR count). The van der Waals surface area contributed by atoms with Crippen LogP contribution in [0.25, 0.3) is 0 Å². The molecule has 0 aliphatic heterocycles. The Morgan fingerprint density at radius 1 is 1.27 bits per heavy atom. The monoisotopic (exact) mass is 427 g/mol. The molecule has 0 aliphatic carbocycles. The number of hydrogen-bond acceptors (Lipinski definition) is 5. The topological polar surface area (TPSA) is 74.0 Å². The molecule has 0 radical (unpaired) electrons. The van der Waals surface area contributed by atoms with Crippen molar-refractivity contribution in [3.05, 3.63) is 59.2 Å². The highest BCUT2D eigenvalue weighted by Crippen LogP contribution is 2.24. The lowest BCUT2D eigenvalue weighted by atomic mass is 10.1. The molecule has 0 atom stereocenters. The van der Waals surface area contributed by atoms with Gasteiger partial charge in [0.25, 0.3) is 5.91 Å². The molecule has 3 aromatic rings. The molecule has 0 spiro atoms. The fraction of sp³-hybridized carbons (Fsp3) is 0.409. The SMILES string of the molecule is CCSc1nccn1Cc1cccc(OCCNC(=O)c2cc(C)nn2CC)c1C. The first kappa shape index (κ1) is 22.0. The molecule has 1 aromatic carbocycles. The third kappa shape index (κ3) is 5.24. The number of thioether (sulfide) groups is 1. The van der Waals surface area contributed by atoms with E-state index in [1.807, 2.05) is 38.4 Å². The first-order valence-corrected chi connectivity index (χ1v) is 11.2. The van der Waals surface area contributed by atoms with E-state index in [1.165, 1.54) is 5.56 Å². The Kier molecular flexibility index (Phi) is 7.57. The van der Waals surface area contributed by atoms with E-state index in [4.69, 9.17) is 4.74 Å². The normalized spacial score (nSPS) is 10.9. The van der Waals surface area contributed by atoms with Gasteiger partial charge in [-0.1, -0.05) is 30.8 Å². The fourth-order valence-electron chi connectivity index (χ4n) is 3.24. The second-order valence-corrected chi connectivity index (χ2v) is 8.13. The van der Waals surface area contributed by atoms with Gasteiger partial charge in [-0.25, -0.2) is 4.98 Å². The molecule has 0 fully saturated rings. The highest BCUT2D eigenvalue weighted by Gasteiger charge is 2.13. The zero-order chi connectivity index (χ0) is 21.5. The molecule has 0 saturated heterocycles. The first-order chi connectivity index (χ1) is 14.5. The Labute approximate surface area is 181 Å². The lowest BCUT2D eigenvalue weighted by Crippen LogP contribution is -2.30. The minimum Gasteiger partial charge on any atom is -0.491 e. The van der Waals surface area contributed by atoms with Crippen molar-refractivity contribution in [2.24, 2.45) is 0 Å². The number of nitrogens with one attached hydrogen (secondary N) is 1. The first-order valence-electron chi connectivity index (χ1n) is 10.2. The summed E-state index contributed by atoms with van der Waals surface area (Å²) < 4.78 is 9.82. The summed E-state index contributed by atoms with van der Waals surface area (Å²) in [7, 11) is 0. The number of aryl methyl sites for hydroxylation is 2. The van der Waals surface area contributed by atoms with Crippen LogP contribution in [0.5, 0.6) is 5.75 Å². The number of nitrogens with zero attached hydrogens (tertiary/aromatic N) is 4. The van der Waals surface area contributed by atoms with E-state index >= 15 is 0 Å². The number of hydrogen-bond donors (Lipinski definition) is 1. The summed E-state index contributed by atoms with van der Waals surface area (Å²) in [6, 6.07) is 7.88. The molecule has 0 aliphatic rings. The Bertz CT molecular complexity index is 995. The third-order valence-electron chi connectivity index (χ3n) is 4.77. The molecular formula is C22H29N5O2S. The standard InChI is InChI=1S/C22H29N5O2S/c1-5-27-19(14-16(3)25-27)21(28)23-11-13-29-20-9-7-8-18(17(20)4)15-26-12-10-24-22(26)30-6-2/h7-10,12,14H,5-6,11,13,15H2,1-4H3,(H,23,28). The van der Waals surface area contributed by atoms with Crippen LogP contribution in [0.1, 0.15) is 41.2 Å². The van der Waals surface area contributed by atoms with Gasteiger partial charge < -0.3 is 14.6 Å². The van der Waals surface area contributed by atoms with Gasteiger partial charge >= 0.3 is 0 Å². The molecular weight excluding hydrogens is 398 g/mol. The molecule has 1 amide bonds. The van der Waals surface area contributed by atoms with E-state index < -0.39 is 0 Å². The van der Waals surface area contributed by atoms with E-state index in [9.17, 15) is 4.79 Å². The van der Waals surface area contributed by atoms with Crippen LogP contribution in [0.15, 0.2) is 41.8 Å². The van der Waals surface area contributed by atoms with Crippen molar-refractivity contribution in [3.8, 4) is 5.75 Å². The molecule has 7 nitrogen and oxygen atoms in total. The van der Waals surface area contributed by atoms with Gasteiger partial charge in [0.15, 0.2) is 5.16 Å². The summed E-state index contributed by atoms with van der Waals surface area (Å²) >= 11 is 1.73. The van der Waals surface area contributed by atoms with Gasteiger partial charge in [0.2, 0.25) is 0 Å². The van der Waals surface area contributed by atoms with Crippen LogP contribution < -0.4 is 10.1 Å². The van der Waals surface area contributed by atoms with Gasteiger partial charge in [-0.05, 0) is 49.8 Å². The summed E-state index contributed by atoms with van der Waals surface area (Å²) in [5.74, 6) is 1.69. The summed E-state index contributed by atoms with van der Waals surface area (Å²) in [4.78, 5) is 16.8. The van der Waals surface area contributed by atoms with Gasteiger partial charge in [-0.3, -0.25) is 9.48 Å². The number of ether oxygens (including phenoxy) is 1. The minimum atomic E-state index is -0.132. The summed E-state index contributed by atoms with van der Waals surface area (Å²) in [5, 5.41) is 8.24. The Balaban J connectivity index is 1.56. The molecule has 0 bridgehead atoms. The van der Waals surface area contributed by atoms with Crippen LogP contribution in [0.3, 0.4) is 0 Å². The van der Waals surface area contributed by atoms with Gasteiger partial charge in [-0.2, -0.15) is 5.10 Å². The molecule has 0 saturated carbocycles. The summed E-state index contributed by atoms with van der Waals surface area (Å²) in [6.45, 7) is 10.3. The van der Waals surface area contributed by atoms with Gasteiger partial charge in [-0.15, -0.1) is 0 Å². The predicted molar refractivity (Wildman–Crippen MR) is 119 cm³/mol. The van der Waals surface area contributed by atoms with Crippen LogP contribution in [-0.4, -0.2) is 44.1 Å². The van der Waals surface area contributed by atoms with Crippen molar-refractivity contribution in [2.75, 3.05) is 18.9 Å². The smallest absolute Gasteiger partial charge is 0.269 e. The average molecular weight is 428 g/mol. The third-order valence-corrected chi connectivity index (χ3v) is 5.65. The highest BCUT2D eigenvalue weighted by molar-refractivity contribution is 7.99. The Hall–Kier alpha value is -2.74. The van der Waals surface area contributed by atoms with Crippen LogP contribution in [-0.2, 0) is 13.1 Å². The van der Waals surface area contributed by atoms with Gasteiger partial charge in [0, 0.05) is 25.5 Å². The number of rotatable bonds is 10. The Morgan fingerprint density at radius 3 is 2.87 bits per heavy atom. The maximum Gasteiger partial charge on any atom is 0.269 e. The van der Waals surface area contributed by atoms with Crippen LogP contribution >= 0.6 is 11.8 Å². The van der Waals surface area contributed by atoms with Crippen LogP contribution in [0, 0.1) is 13.8 Å². The van der Waals surface area contributed by atoms with E-state index in [2.05, 4.69) is 39.9 Å². The number of amides is 1. The minimum absolute atomic E-state index is 0.132. The van der Waals surface area contributed by atoms with E-state index in [0.29, 0.717) is 25.4 Å². The molecule has 2 heterocycles.